The Hall–Kier alpha value is -2.13. The lowest BCUT2D eigenvalue weighted by Gasteiger charge is -2.05. The highest BCUT2D eigenvalue weighted by Crippen LogP contribution is 2.25. The minimum atomic E-state index is 0.0921. The third-order valence-corrected chi connectivity index (χ3v) is 4.50. The molecular weight excluding hydrogens is 278 g/mol. The van der Waals surface area contributed by atoms with Crippen molar-refractivity contribution in [2.45, 2.75) is 12.8 Å². The number of benzene rings is 2. The number of hydrogen-bond donors (Lipinski definition) is 1. The van der Waals surface area contributed by atoms with Gasteiger partial charge in [-0.15, -0.1) is 11.3 Å². The smallest absolute Gasteiger partial charge is 0.224 e. The van der Waals surface area contributed by atoms with Crippen LogP contribution in [0.1, 0.15) is 11.1 Å². The predicted octanol–water partition coefficient (Wildman–Crippen LogP) is 3.80. The maximum atomic E-state index is 12.0. The zero-order valence-corrected chi connectivity index (χ0v) is 12.5. The average molecular weight is 295 g/mol. The summed E-state index contributed by atoms with van der Waals surface area (Å²) in [5.74, 6) is 0.0921. The van der Waals surface area contributed by atoms with Crippen LogP contribution in [-0.4, -0.2) is 12.5 Å². The molecule has 106 valence electrons. The number of carbonyl (C=O) groups excluding carboxylic acids is 1. The van der Waals surface area contributed by atoms with Crippen LogP contribution in [-0.2, 0) is 17.6 Å². The summed E-state index contributed by atoms with van der Waals surface area (Å²) in [6.45, 7) is 0.685. The molecule has 0 aliphatic rings. The Morgan fingerprint density at radius 2 is 1.76 bits per heavy atom. The molecular formula is C18H17NOS. The molecule has 0 fully saturated rings. The van der Waals surface area contributed by atoms with Crippen LogP contribution in [0.2, 0.25) is 0 Å². The van der Waals surface area contributed by atoms with Crippen molar-refractivity contribution >= 4 is 27.3 Å². The van der Waals surface area contributed by atoms with E-state index in [2.05, 4.69) is 35.0 Å². The highest BCUT2D eigenvalue weighted by Gasteiger charge is 2.08. The maximum absolute atomic E-state index is 12.0. The fourth-order valence-electron chi connectivity index (χ4n) is 2.40. The lowest BCUT2D eigenvalue weighted by molar-refractivity contribution is -0.120. The van der Waals surface area contributed by atoms with Crippen molar-refractivity contribution < 1.29 is 4.79 Å². The molecule has 1 amide bonds. The zero-order chi connectivity index (χ0) is 14.5. The predicted molar refractivity (Wildman–Crippen MR) is 88.7 cm³/mol. The van der Waals surface area contributed by atoms with Crippen molar-refractivity contribution in [3.63, 3.8) is 0 Å². The zero-order valence-electron chi connectivity index (χ0n) is 11.7. The van der Waals surface area contributed by atoms with Gasteiger partial charge >= 0.3 is 0 Å². The van der Waals surface area contributed by atoms with Gasteiger partial charge in [0.1, 0.15) is 0 Å². The van der Waals surface area contributed by atoms with Gasteiger partial charge in [-0.2, -0.15) is 0 Å². The van der Waals surface area contributed by atoms with Gasteiger partial charge in [-0.3, -0.25) is 4.79 Å². The van der Waals surface area contributed by atoms with E-state index in [1.54, 1.807) is 11.3 Å². The Morgan fingerprint density at radius 3 is 2.62 bits per heavy atom. The topological polar surface area (TPSA) is 29.1 Å². The second-order valence-electron chi connectivity index (χ2n) is 5.02. The molecule has 0 bridgehead atoms. The van der Waals surface area contributed by atoms with Crippen molar-refractivity contribution in [3.05, 3.63) is 71.1 Å². The first kappa shape index (κ1) is 13.8. The van der Waals surface area contributed by atoms with Gasteiger partial charge < -0.3 is 5.32 Å². The summed E-state index contributed by atoms with van der Waals surface area (Å²) in [6, 6.07) is 18.4. The van der Waals surface area contributed by atoms with Gasteiger partial charge in [0.05, 0.1) is 6.42 Å². The van der Waals surface area contributed by atoms with Crippen LogP contribution >= 0.6 is 11.3 Å². The third-order valence-electron chi connectivity index (χ3n) is 3.49. The van der Waals surface area contributed by atoms with Gasteiger partial charge in [-0.1, -0.05) is 48.5 Å². The summed E-state index contributed by atoms with van der Waals surface area (Å²) in [4.78, 5) is 12.0. The first-order chi connectivity index (χ1) is 10.3. The molecule has 1 aromatic heterocycles. The Balaban J connectivity index is 1.55. The van der Waals surface area contributed by atoms with E-state index in [-0.39, 0.29) is 5.91 Å². The molecule has 0 atom stereocenters. The van der Waals surface area contributed by atoms with E-state index >= 15 is 0 Å². The molecule has 1 heterocycles. The molecule has 0 saturated carbocycles. The largest absolute Gasteiger partial charge is 0.355 e. The van der Waals surface area contributed by atoms with Crippen molar-refractivity contribution in [2.24, 2.45) is 0 Å². The number of amides is 1. The van der Waals surface area contributed by atoms with Gasteiger partial charge in [0.2, 0.25) is 5.91 Å². The number of nitrogens with one attached hydrogen (secondary N) is 1. The molecule has 0 unspecified atom stereocenters. The van der Waals surface area contributed by atoms with Crippen LogP contribution < -0.4 is 5.32 Å². The van der Waals surface area contributed by atoms with E-state index in [9.17, 15) is 4.79 Å². The van der Waals surface area contributed by atoms with E-state index in [1.807, 2.05) is 30.3 Å². The van der Waals surface area contributed by atoms with Crippen LogP contribution in [0, 0.1) is 0 Å². The van der Waals surface area contributed by atoms with E-state index < -0.39 is 0 Å². The van der Waals surface area contributed by atoms with E-state index in [0.29, 0.717) is 13.0 Å². The normalized spacial score (nSPS) is 10.7. The van der Waals surface area contributed by atoms with Crippen LogP contribution in [0.25, 0.3) is 10.1 Å². The van der Waals surface area contributed by atoms with E-state index in [4.69, 9.17) is 0 Å². The number of fused-ring (bicyclic) bond motifs is 1. The molecule has 3 rings (SSSR count). The Kier molecular flexibility index (Phi) is 4.31. The minimum absolute atomic E-state index is 0.0921. The molecule has 0 aliphatic heterocycles. The fraction of sp³-hybridized carbons (Fsp3) is 0.167. The second kappa shape index (κ2) is 6.55. The third kappa shape index (κ3) is 3.50. The van der Waals surface area contributed by atoms with Gasteiger partial charge in [0.25, 0.3) is 0 Å². The van der Waals surface area contributed by atoms with Crippen molar-refractivity contribution in [2.75, 3.05) is 6.54 Å². The lowest BCUT2D eigenvalue weighted by atomic mass is 10.1. The standard InChI is InChI=1S/C18H17NOS/c20-18(19-11-10-14-6-2-1-3-7-14)12-15-13-21-17-9-5-4-8-16(15)17/h1-9,13H,10-12H2,(H,19,20). The van der Waals surface area contributed by atoms with Gasteiger partial charge in [0, 0.05) is 11.2 Å². The summed E-state index contributed by atoms with van der Waals surface area (Å²) in [7, 11) is 0. The summed E-state index contributed by atoms with van der Waals surface area (Å²) < 4.78 is 1.24. The number of rotatable bonds is 5. The second-order valence-corrected chi connectivity index (χ2v) is 5.93. The monoisotopic (exact) mass is 295 g/mol. The molecule has 0 saturated heterocycles. The molecule has 3 heteroatoms. The fourth-order valence-corrected chi connectivity index (χ4v) is 3.36. The summed E-state index contributed by atoms with van der Waals surface area (Å²) >= 11 is 1.70. The van der Waals surface area contributed by atoms with Gasteiger partial charge in [-0.05, 0) is 34.4 Å². The Morgan fingerprint density at radius 1 is 1.00 bits per heavy atom. The highest BCUT2D eigenvalue weighted by atomic mass is 32.1. The van der Waals surface area contributed by atoms with Crippen molar-refractivity contribution in [1.82, 2.24) is 5.32 Å². The van der Waals surface area contributed by atoms with E-state index in [1.165, 1.54) is 15.6 Å². The maximum Gasteiger partial charge on any atom is 0.224 e. The lowest BCUT2D eigenvalue weighted by Crippen LogP contribution is -2.27. The molecule has 21 heavy (non-hydrogen) atoms. The first-order valence-electron chi connectivity index (χ1n) is 7.08. The molecule has 2 aromatic carbocycles. The molecule has 0 spiro atoms. The SMILES string of the molecule is O=C(Cc1csc2ccccc12)NCCc1ccccc1. The molecule has 0 radical (unpaired) electrons. The molecule has 3 aromatic rings. The van der Waals surface area contributed by atoms with Crippen LogP contribution in [0.5, 0.6) is 0 Å². The number of carbonyl (C=O) groups is 1. The number of thiophene rings is 1. The Labute approximate surface area is 128 Å². The van der Waals surface area contributed by atoms with E-state index in [0.717, 1.165) is 12.0 Å². The van der Waals surface area contributed by atoms with Crippen LogP contribution in [0.15, 0.2) is 60.0 Å². The first-order valence-corrected chi connectivity index (χ1v) is 7.96. The van der Waals surface area contributed by atoms with Crippen molar-refractivity contribution in [1.29, 1.82) is 0 Å². The number of hydrogen-bond acceptors (Lipinski definition) is 2. The molecule has 1 N–H and O–H groups in total. The molecule has 0 aliphatic carbocycles. The van der Waals surface area contributed by atoms with Crippen LogP contribution in [0.4, 0.5) is 0 Å². The summed E-state index contributed by atoms with van der Waals surface area (Å²) in [5.41, 5.74) is 2.37. The minimum Gasteiger partial charge on any atom is -0.355 e. The Bertz CT molecular complexity index is 733. The van der Waals surface area contributed by atoms with Crippen molar-refractivity contribution in [3.8, 4) is 0 Å². The quantitative estimate of drug-likeness (QED) is 0.762. The van der Waals surface area contributed by atoms with Crippen LogP contribution in [0.3, 0.4) is 0 Å². The summed E-state index contributed by atoms with van der Waals surface area (Å²) in [5, 5.41) is 6.28. The highest BCUT2D eigenvalue weighted by molar-refractivity contribution is 7.17. The molecule has 2 nitrogen and oxygen atoms in total. The average Bonchev–Trinajstić information content (AvgIpc) is 2.92. The van der Waals surface area contributed by atoms with Gasteiger partial charge in [0.15, 0.2) is 0 Å². The summed E-state index contributed by atoms with van der Waals surface area (Å²) in [6.07, 6.45) is 1.33. The van der Waals surface area contributed by atoms with Gasteiger partial charge in [-0.25, -0.2) is 0 Å².